The lowest BCUT2D eigenvalue weighted by Crippen LogP contribution is -2.44. The Bertz CT molecular complexity index is 794. The van der Waals surface area contributed by atoms with Crippen LogP contribution in [0.2, 0.25) is 0 Å². The fourth-order valence-corrected chi connectivity index (χ4v) is 4.91. The average Bonchev–Trinajstić information content (AvgIpc) is 3.25. The summed E-state index contributed by atoms with van der Waals surface area (Å²) in [6.45, 7) is 5.24. The molecule has 6 nitrogen and oxygen atoms in total. The molecule has 158 valence electrons. The van der Waals surface area contributed by atoms with E-state index in [0.717, 1.165) is 36.9 Å². The minimum Gasteiger partial charge on any atom is -0.508 e. The summed E-state index contributed by atoms with van der Waals surface area (Å²) in [5.41, 5.74) is 0.746. The van der Waals surface area contributed by atoms with E-state index in [1.54, 1.807) is 19.2 Å². The molecule has 7 heteroatoms. The fraction of sp³-hybridized carbons (Fsp3) is 0.500. The highest BCUT2D eigenvalue weighted by molar-refractivity contribution is 7.10. The van der Waals surface area contributed by atoms with E-state index in [0.29, 0.717) is 18.5 Å². The first-order chi connectivity index (χ1) is 14.1. The first-order valence-electron chi connectivity index (χ1n) is 10.2. The van der Waals surface area contributed by atoms with Crippen LogP contribution in [0.3, 0.4) is 0 Å². The largest absolute Gasteiger partial charge is 0.508 e. The number of guanidine groups is 1. The molecular formula is C22H32N4O2S. The zero-order chi connectivity index (χ0) is 20.6. The zero-order valence-electron chi connectivity index (χ0n) is 17.5. The molecule has 0 saturated carbocycles. The topological polar surface area (TPSA) is 69.1 Å². The van der Waals surface area contributed by atoms with Crippen molar-refractivity contribution in [2.24, 2.45) is 10.9 Å². The predicted molar refractivity (Wildman–Crippen MR) is 120 cm³/mol. The Hall–Kier alpha value is -2.25. The second kappa shape index (κ2) is 10.5. The molecular weight excluding hydrogens is 384 g/mol. The van der Waals surface area contributed by atoms with Crippen LogP contribution in [0.4, 0.5) is 0 Å². The molecule has 1 aliphatic heterocycles. The summed E-state index contributed by atoms with van der Waals surface area (Å²) in [7, 11) is 3.84. The van der Waals surface area contributed by atoms with E-state index >= 15 is 0 Å². The second-order valence-corrected chi connectivity index (χ2v) is 8.39. The third kappa shape index (κ3) is 5.64. The van der Waals surface area contributed by atoms with Crippen molar-refractivity contribution in [1.82, 2.24) is 15.5 Å². The smallest absolute Gasteiger partial charge is 0.191 e. The normalized spacial score (nSPS) is 20.4. The maximum Gasteiger partial charge on any atom is 0.191 e. The van der Waals surface area contributed by atoms with Crippen LogP contribution in [0.25, 0.3) is 0 Å². The van der Waals surface area contributed by atoms with Crippen molar-refractivity contribution in [1.29, 1.82) is 0 Å². The molecule has 1 aliphatic rings. The van der Waals surface area contributed by atoms with Crippen LogP contribution < -0.4 is 15.4 Å². The number of methoxy groups -OCH3 is 1. The van der Waals surface area contributed by atoms with Crippen molar-refractivity contribution in [3.63, 3.8) is 0 Å². The van der Waals surface area contributed by atoms with Gasteiger partial charge in [-0.25, -0.2) is 4.99 Å². The average molecular weight is 417 g/mol. The van der Waals surface area contributed by atoms with Gasteiger partial charge in [0.1, 0.15) is 11.5 Å². The Morgan fingerprint density at radius 1 is 1.34 bits per heavy atom. The predicted octanol–water partition coefficient (Wildman–Crippen LogP) is 3.60. The van der Waals surface area contributed by atoms with Gasteiger partial charge in [0, 0.05) is 29.6 Å². The number of phenolic OH excluding ortho intramolecular Hbond substituents is 1. The van der Waals surface area contributed by atoms with Gasteiger partial charge in [-0.15, -0.1) is 11.3 Å². The monoisotopic (exact) mass is 416 g/mol. The van der Waals surface area contributed by atoms with Crippen LogP contribution in [0.1, 0.15) is 36.2 Å². The number of phenols is 1. The summed E-state index contributed by atoms with van der Waals surface area (Å²) in [6, 6.07) is 10.0. The maximum atomic E-state index is 10.1. The quantitative estimate of drug-likeness (QED) is 0.475. The highest BCUT2D eigenvalue weighted by Gasteiger charge is 2.31. The van der Waals surface area contributed by atoms with Crippen molar-refractivity contribution in [3.05, 3.63) is 46.2 Å². The van der Waals surface area contributed by atoms with Crippen LogP contribution >= 0.6 is 11.3 Å². The highest BCUT2D eigenvalue weighted by Crippen LogP contribution is 2.36. The summed E-state index contributed by atoms with van der Waals surface area (Å²) in [5.74, 6) is 2.25. The number of aliphatic imine (C=N–C) groups is 1. The first kappa shape index (κ1) is 21.5. The number of thiophene rings is 1. The molecule has 1 fully saturated rings. The molecule has 2 atom stereocenters. The Morgan fingerprint density at radius 3 is 2.93 bits per heavy atom. The zero-order valence-corrected chi connectivity index (χ0v) is 18.3. The number of rotatable bonds is 7. The number of likely N-dealkylation sites (tertiary alicyclic amines) is 1. The van der Waals surface area contributed by atoms with Crippen molar-refractivity contribution in [3.8, 4) is 11.5 Å². The Kier molecular flexibility index (Phi) is 7.77. The van der Waals surface area contributed by atoms with E-state index < -0.39 is 0 Å². The molecule has 1 saturated heterocycles. The number of nitrogens with zero attached hydrogens (tertiary/aromatic N) is 2. The minimum absolute atomic E-state index is 0.233. The third-order valence-corrected chi connectivity index (χ3v) is 6.35. The summed E-state index contributed by atoms with van der Waals surface area (Å²) < 4.78 is 5.25. The maximum absolute atomic E-state index is 10.1. The van der Waals surface area contributed by atoms with E-state index in [1.807, 2.05) is 17.4 Å². The number of ether oxygens (including phenoxy) is 1. The lowest BCUT2D eigenvalue weighted by molar-refractivity contribution is 0.125. The molecule has 0 radical (unpaired) electrons. The van der Waals surface area contributed by atoms with E-state index in [-0.39, 0.29) is 5.75 Å². The number of hydrogen-bond acceptors (Lipinski definition) is 5. The van der Waals surface area contributed by atoms with Crippen molar-refractivity contribution >= 4 is 17.3 Å². The SMILES string of the molecule is CCNC(=NCc1cc(OC)ccc1O)NCC1CCCN(C)C1c1cccs1. The van der Waals surface area contributed by atoms with Crippen LogP contribution in [0.5, 0.6) is 11.5 Å². The standard InChI is InChI=1S/C22H32N4O2S/c1-4-23-22(25-15-17-13-18(28-3)9-10-19(17)27)24-14-16-7-5-11-26(2)21(16)20-8-6-12-29-20/h6,8-10,12-13,16,21,27H,4-5,7,11,14-15H2,1-3H3,(H2,23,24,25). The molecule has 3 N–H and O–H groups in total. The Balaban J connectivity index is 1.67. The molecule has 2 heterocycles. The molecule has 0 aliphatic carbocycles. The number of benzene rings is 1. The lowest BCUT2D eigenvalue weighted by atomic mass is 9.88. The van der Waals surface area contributed by atoms with E-state index in [4.69, 9.17) is 4.74 Å². The number of hydrogen-bond donors (Lipinski definition) is 3. The molecule has 1 aromatic heterocycles. The van der Waals surface area contributed by atoms with Crippen LogP contribution in [0, 0.1) is 5.92 Å². The number of aromatic hydroxyl groups is 1. The summed E-state index contributed by atoms with van der Waals surface area (Å²) in [5, 5.41) is 19.1. The van der Waals surface area contributed by atoms with E-state index in [1.165, 1.54) is 17.7 Å². The van der Waals surface area contributed by atoms with Gasteiger partial charge in [0.05, 0.1) is 13.7 Å². The van der Waals surface area contributed by atoms with Crippen LogP contribution in [-0.2, 0) is 6.54 Å². The highest BCUT2D eigenvalue weighted by atomic mass is 32.1. The first-order valence-corrected chi connectivity index (χ1v) is 11.1. The van der Waals surface area contributed by atoms with Crippen LogP contribution in [-0.4, -0.2) is 49.8 Å². The molecule has 29 heavy (non-hydrogen) atoms. The van der Waals surface area contributed by atoms with E-state index in [2.05, 4.69) is 52.0 Å². The Morgan fingerprint density at radius 2 is 2.21 bits per heavy atom. The van der Waals surface area contributed by atoms with E-state index in [9.17, 15) is 5.11 Å². The van der Waals surface area contributed by atoms with Gasteiger partial charge < -0.3 is 20.5 Å². The molecule has 0 spiro atoms. The van der Waals surface area contributed by atoms with Crippen molar-refractivity contribution in [2.75, 3.05) is 33.8 Å². The van der Waals surface area contributed by atoms with Gasteiger partial charge in [-0.05, 0) is 68.9 Å². The van der Waals surface area contributed by atoms with Gasteiger partial charge in [0.15, 0.2) is 5.96 Å². The Labute approximate surface area is 177 Å². The number of nitrogens with one attached hydrogen (secondary N) is 2. The summed E-state index contributed by atoms with van der Waals surface area (Å²) in [6.07, 6.45) is 2.42. The molecule has 1 aromatic carbocycles. The molecule has 2 unspecified atom stereocenters. The van der Waals surface area contributed by atoms with Crippen molar-refractivity contribution < 1.29 is 9.84 Å². The third-order valence-electron chi connectivity index (χ3n) is 5.41. The van der Waals surface area contributed by atoms with Gasteiger partial charge in [0.2, 0.25) is 0 Å². The molecule has 0 amide bonds. The minimum atomic E-state index is 0.233. The number of piperidine rings is 1. The fourth-order valence-electron chi connectivity index (χ4n) is 3.93. The lowest BCUT2D eigenvalue weighted by Gasteiger charge is -2.39. The van der Waals surface area contributed by atoms with Gasteiger partial charge >= 0.3 is 0 Å². The molecule has 0 bridgehead atoms. The summed E-state index contributed by atoms with van der Waals surface area (Å²) >= 11 is 1.84. The van der Waals surface area contributed by atoms with Gasteiger partial charge in [0.25, 0.3) is 0 Å². The van der Waals surface area contributed by atoms with Crippen LogP contribution in [0.15, 0.2) is 40.7 Å². The molecule has 2 aromatic rings. The van der Waals surface area contributed by atoms with Gasteiger partial charge in [-0.3, -0.25) is 4.90 Å². The van der Waals surface area contributed by atoms with Gasteiger partial charge in [-0.2, -0.15) is 0 Å². The second-order valence-electron chi connectivity index (χ2n) is 7.41. The van der Waals surface area contributed by atoms with Crippen molar-refractivity contribution in [2.45, 2.75) is 32.4 Å². The molecule has 3 rings (SSSR count). The summed E-state index contributed by atoms with van der Waals surface area (Å²) in [4.78, 5) is 8.58. The van der Waals surface area contributed by atoms with Gasteiger partial charge in [-0.1, -0.05) is 6.07 Å².